The third-order valence-electron chi connectivity index (χ3n) is 6.20. The summed E-state index contributed by atoms with van der Waals surface area (Å²) in [6.07, 6.45) is -0.514. The van der Waals surface area contributed by atoms with Crippen LogP contribution in [0.2, 0.25) is 18.1 Å². The largest absolute Gasteiger partial charge is 0.447 e. The number of carbonyl (C=O) groups is 3. The molecule has 0 N–H and O–H groups in total. The van der Waals surface area contributed by atoms with E-state index in [0.29, 0.717) is 6.42 Å². The Morgan fingerprint density at radius 3 is 2.37 bits per heavy atom. The van der Waals surface area contributed by atoms with E-state index in [4.69, 9.17) is 9.16 Å². The number of hydrogen-bond acceptors (Lipinski definition) is 5. The molecule has 1 saturated heterocycles. The summed E-state index contributed by atoms with van der Waals surface area (Å²) >= 11 is 0. The molecule has 0 spiro atoms. The van der Waals surface area contributed by atoms with Crippen molar-refractivity contribution < 1.29 is 23.5 Å². The minimum atomic E-state index is -2.22. The van der Waals surface area contributed by atoms with Crippen LogP contribution in [0.1, 0.15) is 46.6 Å². The summed E-state index contributed by atoms with van der Waals surface area (Å²) in [5.74, 6) is -1.02. The lowest BCUT2D eigenvalue weighted by atomic mass is 9.97. The quantitative estimate of drug-likeness (QED) is 0.561. The molecule has 30 heavy (non-hydrogen) atoms. The molecule has 1 aromatic rings. The van der Waals surface area contributed by atoms with E-state index >= 15 is 0 Å². The van der Waals surface area contributed by atoms with Crippen LogP contribution in [0.15, 0.2) is 30.3 Å². The van der Waals surface area contributed by atoms with Gasteiger partial charge in [0.15, 0.2) is 8.32 Å². The van der Waals surface area contributed by atoms with E-state index in [9.17, 15) is 14.4 Å². The first-order chi connectivity index (χ1) is 13.8. The molecular weight excluding hydrogens is 398 g/mol. The van der Waals surface area contributed by atoms with Crippen molar-refractivity contribution in [3.63, 3.8) is 0 Å². The highest BCUT2D eigenvalue weighted by molar-refractivity contribution is 6.74. The molecule has 3 atom stereocenters. The van der Waals surface area contributed by atoms with Crippen molar-refractivity contribution in [1.82, 2.24) is 4.90 Å². The Morgan fingerprint density at radius 1 is 1.23 bits per heavy atom. The van der Waals surface area contributed by atoms with Gasteiger partial charge in [-0.3, -0.25) is 9.59 Å². The normalized spacial score (nSPS) is 19.4. The standard InChI is InChI=1S/C23H35NO5Si/c1-16(25)13-20(29-30(6,7)23(3,4)5)17(2)21(26)24-19(15-28-22(24)27)14-18-11-9-8-10-12-18/h8-12,17,19-20H,13-15H2,1-7H3/t17-,19-,20+/m1/s1. The summed E-state index contributed by atoms with van der Waals surface area (Å²) in [7, 11) is -2.22. The average Bonchev–Trinajstić information content (AvgIpc) is 2.99. The Labute approximate surface area is 181 Å². The van der Waals surface area contributed by atoms with Crippen molar-refractivity contribution in [3.05, 3.63) is 35.9 Å². The zero-order valence-corrected chi connectivity index (χ0v) is 20.2. The van der Waals surface area contributed by atoms with E-state index in [-0.39, 0.29) is 35.8 Å². The third kappa shape index (κ3) is 5.79. The second-order valence-electron chi connectivity index (χ2n) is 9.74. The Balaban J connectivity index is 2.23. The molecule has 6 nitrogen and oxygen atoms in total. The van der Waals surface area contributed by atoms with Gasteiger partial charge in [-0.2, -0.15) is 0 Å². The van der Waals surface area contributed by atoms with Gasteiger partial charge >= 0.3 is 6.09 Å². The maximum atomic E-state index is 13.4. The van der Waals surface area contributed by atoms with Crippen molar-refractivity contribution in [2.75, 3.05) is 6.61 Å². The molecular formula is C23H35NO5Si. The molecule has 1 fully saturated rings. The number of ether oxygens (including phenoxy) is 1. The van der Waals surface area contributed by atoms with Crippen LogP contribution in [0.5, 0.6) is 0 Å². The molecule has 0 bridgehead atoms. The summed E-state index contributed by atoms with van der Waals surface area (Å²) in [6.45, 7) is 14.0. The van der Waals surface area contributed by atoms with E-state index in [0.717, 1.165) is 5.56 Å². The Bertz CT molecular complexity index is 772. The number of imide groups is 1. The second kappa shape index (κ2) is 9.43. The van der Waals surface area contributed by atoms with E-state index in [1.165, 1.54) is 11.8 Å². The van der Waals surface area contributed by atoms with Gasteiger partial charge < -0.3 is 9.16 Å². The number of Topliss-reactive ketones (excluding diaryl/α,β-unsaturated/α-hetero) is 1. The fourth-order valence-corrected chi connectivity index (χ4v) is 4.70. The Morgan fingerprint density at radius 2 is 1.83 bits per heavy atom. The first-order valence-electron chi connectivity index (χ1n) is 10.5. The van der Waals surface area contributed by atoms with Gasteiger partial charge in [0.05, 0.1) is 18.1 Å². The number of hydrogen-bond donors (Lipinski definition) is 0. The molecule has 1 heterocycles. The van der Waals surface area contributed by atoms with Gasteiger partial charge in [-0.15, -0.1) is 0 Å². The summed E-state index contributed by atoms with van der Waals surface area (Å²) in [4.78, 5) is 38.9. The van der Waals surface area contributed by atoms with Crippen LogP contribution >= 0.6 is 0 Å². The van der Waals surface area contributed by atoms with Crippen LogP contribution in [0, 0.1) is 5.92 Å². The molecule has 0 unspecified atom stereocenters. The average molecular weight is 434 g/mol. The number of amides is 2. The molecule has 1 aliphatic rings. The first-order valence-corrected chi connectivity index (χ1v) is 13.5. The van der Waals surface area contributed by atoms with Gasteiger partial charge in [-0.05, 0) is 37.0 Å². The molecule has 1 aromatic carbocycles. The molecule has 2 rings (SSSR count). The molecule has 166 valence electrons. The highest BCUT2D eigenvalue weighted by Crippen LogP contribution is 2.39. The smallest absolute Gasteiger partial charge is 0.416 e. The summed E-state index contributed by atoms with van der Waals surface area (Å²) in [5.41, 5.74) is 1.03. The number of nitrogens with zero attached hydrogens (tertiary/aromatic N) is 1. The number of carbonyl (C=O) groups excluding carboxylic acids is 3. The van der Waals surface area contributed by atoms with Crippen LogP contribution in [0.3, 0.4) is 0 Å². The zero-order chi connectivity index (χ0) is 22.7. The van der Waals surface area contributed by atoms with Crippen LogP contribution in [-0.4, -0.2) is 49.8 Å². The highest BCUT2D eigenvalue weighted by atomic mass is 28.4. The lowest BCUT2D eigenvalue weighted by Crippen LogP contribution is -2.50. The summed E-state index contributed by atoms with van der Waals surface area (Å²) in [5, 5.41) is -0.0623. The Hall–Kier alpha value is -1.99. The number of benzene rings is 1. The van der Waals surface area contributed by atoms with Crippen LogP contribution in [-0.2, 0) is 25.2 Å². The number of cyclic esters (lactones) is 1. The van der Waals surface area contributed by atoms with Gasteiger partial charge in [0, 0.05) is 6.42 Å². The summed E-state index contributed by atoms with van der Waals surface area (Å²) in [6, 6.07) is 9.35. The van der Waals surface area contributed by atoms with Crippen LogP contribution in [0.4, 0.5) is 4.79 Å². The highest BCUT2D eigenvalue weighted by Gasteiger charge is 2.45. The van der Waals surface area contributed by atoms with Crippen molar-refractivity contribution in [2.45, 2.75) is 77.7 Å². The van der Waals surface area contributed by atoms with Gasteiger partial charge in [0.2, 0.25) is 5.91 Å². The van der Waals surface area contributed by atoms with Crippen LogP contribution in [0.25, 0.3) is 0 Å². The fraction of sp³-hybridized carbons (Fsp3) is 0.609. The third-order valence-corrected chi connectivity index (χ3v) is 10.7. The maximum absolute atomic E-state index is 13.4. The maximum Gasteiger partial charge on any atom is 0.416 e. The topological polar surface area (TPSA) is 72.9 Å². The molecule has 7 heteroatoms. The minimum absolute atomic E-state index is 0.0387. The van der Waals surface area contributed by atoms with Gasteiger partial charge in [-0.25, -0.2) is 9.69 Å². The number of ketones is 1. The molecule has 2 amide bonds. The minimum Gasteiger partial charge on any atom is -0.447 e. The predicted molar refractivity (Wildman–Crippen MR) is 119 cm³/mol. The Kier molecular flexibility index (Phi) is 7.63. The van der Waals surface area contributed by atoms with Crippen molar-refractivity contribution in [1.29, 1.82) is 0 Å². The first kappa shape index (κ1) is 24.3. The molecule has 0 radical (unpaired) electrons. The van der Waals surface area contributed by atoms with E-state index in [2.05, 4.69) is 33.9 Å². The van der Waals surface area contributed by atoms with E-state index in [1.54, 1.807) is 6.92 Å². The second-order valence-corrected chi connectivity index (χ2v) is 14.5. The lowest BCUT2D eigenvalue weighted by Gasteiger charge is -2.41. The lowest BCUT2D eigenvalue weighted by molar-refractivity contribution is -0.136. The van der Waals surface area contributed by atoms with E-state index < -0.39 is 26.4 Å². The van der Waals surface area contributed by atoms with Crippen LogP contribution < -0.4 is 0 Å². The van der Waals surface area contributed by atoms with Gasteiger partial charge in [-0.1, -0.05) is 58.0 Å². The molecule has 0 aliphatic carbocycles. The SMILES string of the molecule is CC(=O)C[C@H](O[Si](C)(C)C(C)(C)C)[C@@H](C)C(=O)N1C(=O)OC[C@H]1Cc1ccccc1. The summed E-state index contributed by atoms with van der Waals surface area (Å²) < 4.78 is 11.7. The van der Waals surface area contributed by atoms with Gasteiger partial charge in [0.1, 0.15) is 12.4 Å². The fourth-order valence-electron chi connectivity index (χ4n) is 3.30. The van der Waals surface area contributed by atoms with Crippen molar-refractivity contribution in [3.8, 4) is 0 Å². The van der Waals surface area contributed by atoms with Crippen molar-refractivity contribution in [2.24, 2.45) is 5.92 Å². The molecule has 0 aromatic heterocycles. The zero-order valence-electron chi connectivity index (χ0n) is 19.2. The van der Waals surface area contributed by atoms with E-state index in [1.807, 2.05) is 30.3 Å². The monoisotopic (exact) mass is 433 g/mol. The van der Waals surface area contributed by atoms with Crippen molar-refractivity contribution >= 4 is 26.1 Å². The van der Waals surface area contributed by atoms with Gasteiger partial charge in [0.25, 0.3) is 0 Å². The predicted octanol–water partition coefficient (Wildman–Crippen LogP) is 4.58. The number of rotatable bonds is 8. The molecule has 0 saturated carbocycles. The molecule has 1 aliphatic heterocycles.